The average molecular weight is 281 g/mol. The molecule has 3 nitrogen and oxygen atoms in total. The van der Waals surface area contributed by atoms with Crippen molar-refractivity contribution in [2.45, 2.75) is 39.7 Å². The highest BCUT2D eigenvalue weighted by atomic mass is 32.1. The zero-order valence-corrected chi connectivity index (χ0v) is 12.9. The number of nitrogens with one attached hydrogen (secondary N) is 1. The lowest BCUT2D eigenvalue weighted by Crippen LogP contribution is -2.22. The molecule has 5 heteroatoms. The molecule has 98 valence electrons. The van der Waals surface area contributed by atoms with E-state index in [-0.39, 0.29) is 6.04 Å². The van der Waals surface area contributed by atoms with Crippen molar-refractivity contribution in [2.75, 3.05) is 6.54 Å². The fourth-order valence-corrected chi connectivity index (χ4v) is 3.97. The van der Waals surface area contributed by atoms with E-state index in [4.69, 9.17) is 0 Å². The first kappa shape index (κ1) is 13.6. The highest BCUT2D eigenvalue weighted by Gasteiger charge is 2.24. The summed E-state index contributed by atoms with van der Waals surface area (Å²) < 4.78 is 4.14. The largest absolute Gasteiger partial charge is 0.305 e. The predicted molar refractivity (Wildman–Crippen MR) is 78.6 cm³/mol. The van der Waals surface area contributed by atoms with Crippen LogP contribution in [0.2, 0.25) is 0 Å². The SMILES string of the molecule is CCNC(c1sccc1C)c1snnc1C(C)C. The summed E-state index contributed by atoms with van der Waals surface area (Å²) in [5.74, 6) is 0.417. The number of rotatable bonds is 5. The van der Waals surface area contributed by atoms with Crippen LogP contribution in [0.25, 0.3) is 0 Å². The number of hydrogen-bond acceptors (Lipinski definition) is 5. The Balaban J connectivity index is 2.42. The third kappa shape index (κ3) is 2.63. The van der Waals surface area contributed by atoms with E-state index in [1.54, 1.807) is 11.3 Å². The summed E-state index contributed by atoms with van der Waals surface area (Å²) in [6, 6.07) is 2.42. The molecule has 2 rings (SSSR count). The van der Waals surface area contributed by atoms with Gasteiger partial charge < -0.3 is 5.32 Å². The van der Waals surface area contributed by atoms with Gasteiger partial charge in [-0.15, -0.1) is 16.4 Å². The molecule has 1 N–H and O–H groups in total. The van der Waals surface area contributed by atoms with E-state index in [0.29, 0.717) is 5.92 Å². The zero-order chi connectivity index (χ0) is 13.1. The van der Waals surface area contributed by atoms with Gasteiger partial charge in [0.15, 0.2) is 0 Å². The molecule has 0 fully saturated rings. The third-order valence-corrected chi connectivity index (χ3v) is 4.81. The molecule has 18 heavy (non-hydrogen) atoms. The first-order chi connectivity index (χ1) is 8.65. The zero-order valence-electron chi connectivity index (χ0n) is 11.2. The van der Waals surface area contributed by atoms with Crippen LogP contribution in [0.4, 0.5) is 0 Å². The fraction of sp³-hybridized carbons (Fsp3) is 0.538. The Labute approximate surface area is 116 Å². The molecule has 1 atom stereocenters. The van der Waals surface area contributed by atoms with Crippen LogP contribution in [0.1, 0.15) is 53.7 Å². The molecule has 0 radical (unpaired) electrons. The van der Waals surface area contributed by atoms with Crippen LogP contribution in [0.3, 0.4) is 0 Å². The minimum atomic E-state index is 0.243. The number of thiophene rings is 1. The molecule has 0 aliphatic rings. The van der Waals surface area contributed by atoms with Crippen molar-refractivity contribution in [3.8, 4) is 0 Å². The Morgan fingerprint density at radius 2 is 2.11 bits per heavy atom. The standard InChI is InChI=1S/C13H19N3S2/c1-5-14-11(12-9(4)6-7-17-12)13-10(8(2)3)15-16-18-13/h6-8,11,14H,5H2,1-4H3. The minimum Gasteiger partial charge on any atom is -0.305 e. The van der Waals surface area contributed by atoms with Gasteiger partial charge in [-0.2, -0.15) is 0 Å². The van der Waals surface area contributed by atoms with Gasteiger partial charge >= 0.3 is 0 Å². The Morgan fingerprint density at radius 3 is 2.67 bits per heavy atom. The summed E-state index contributed by atoms with van der Waals surface area (Å²) in [7, 11) is 0. The normalized spacial score (nSPS) is 13.2. The molecule has 2 heterocycles. The lowest BCUT2D eigenvalue weighted by molar-refractivity contribution is 0.632. The monoisotopic (exact) mass is 281 g/mol. The Hall–Kier alpha value is -0.780. The second-order valence-corrected chi connectivity index (χ2v) is 6.37. The summed E-state index contributed by atoms with van der Waals surface area (Å²) in [5.41, 5.74) is 2.47. The third-order valence-electron chi connectivity index (χ3n) is 2.92. The summed E-state index contributed by atoms with van der Waals surface area (Å²) in [6.07, 6.45) is 0. The number of nitrogens with zero attached hydrogens (tertiary/aromatic N) is 2. The Morgan fingerprint density at radius 1 is 1.33 bits per heavy atom. The topological polar surface area (TPSA) is 37.8 Å². The highest BCUT2D eigenvalue weighted by molar-refractivity contribution is 7.10. The van der Waals surface area contributed by atoms with Gasteiger partial charge in [-0.1, -0.05) is 25.3 Å². The quantitative estimate of drug-likeness (QED) is 0.907. The van der Waals surface area contributed by atoms with E-state index in [2.05, 4.69) is 54.0 Å². The Bertz CT molecular complexity index is 502. The molecule has 0 saturated heterocycles. The van der Waals surface area contributed by atoms with Gasteiger partial charge in [-0.25, -0.2) is 0 Å². The van der Waals surface area contributed by atoms with Crippen molar-refractivity contribution in [3.05, 3.63) is 32.5 Å². The predicted octanol–water partition coefficient (Wildman–Crippen LogP) is 3.73. The van der Waals surface area contributed by atoms with Crippen molar-refractivity contribution in [2.24, 2.45) is 0 Å². The second kappa shape index (κ2) is 5.91. The van der Waals surface area contributed by atoms with Gasteiger partial charge in [0, 0.05) is 4.88 Å². The van der Waals surface area contributed by atoms with E-state index < -0.39 is 0 Å². The molecule has 0 aliphatic heterocycles. The molecule has 0 aromatic carbocycles. The van der Waals surface area contributed by atoms with Crippen LogP contribution in [0.15, 0.2) is 11.4 Å². The van der Waals surface area contributed by atoms with Crippen molar-refractivity contribution in [1.29, 1.82) is 0 Å². The molecule has 0 bridgehead atoms. The number of aryl methyl sites for hydroxylation is 1. The van der Waals surface area contributed by atoms with Gasteiger partial charge in [0.05, 0.1) is 16.6 Å². The van der Waals surface area contributed by atoms with Gasteiger partial charge in [0.25, 0.3) is 0 Å². The van der Waals surface area contributed by atoms with Crippen molar-refractivity contribution in [1.82, 2.24) is 14.9 Å². The van der Waals surface area contributed by atoms with E-state index >= 15 is 0 Å². The summed E-state index contributed by atoms with van der Waals surface area (Å²) >= 11 is 3.32. The van der Waals surface area contributed by atoms with Gasteiger partial charge in [-0.3, -0.25) is 0 Å². The van der Waals surface area contributed by atoms with Crippen molar-refractivity contribution >= 4 is 22.9 Å². The summed E-state index contributed by atoms with van der Waals surface area (Å²) in [6.45, 7) is 9.59. The summed E-state index contributed by atoms with van der Waals surface area (Å²) in [5, 5.41) is 10.0. The fourth-order valence-electron chi connectivity index (χ4n) is 1.99. The van der Waals surface area contributed by atoms with Crippen LogP contribution < -0.4 is 5.32 Å². The van der Waals surface area contributed by atoms with Gasteiger partial charge in [-0.05, 0) is 47.9 Å². The molecule has 2 aromatic rings. The van der Waals surface area contributed by atoms with E-state index in [1.165, 1.54) is 26.9 Å². The van der Waals surface area contributed by atoms with Crippen molar-refractivity contribution < 1.29 is 0 Å². The van der Waals surface area contributed by atoms with Crippen LogP contribution >= 0.6 is 22.9 Å². The molecule has 1 unspecified atom stereocenters. The van der Waals surface area contributed by atoms with E-state index in [0.717, 1.165) is 12.2 Å². The molecule has 2 aromatic heterocycles. The number of aromatic nitrogens is 2. The van der Waals surface area contributed by atoms with Gasteiger partial charge in [0.2, 0.25) is 0 Å². The van der Waals surface area contributed by atoms with Crippen LogP contribution in [0, 0.1) is 6.92 Å². The molecule has 0 saturated carbocycles. The smallest absolute Gasteiger partial charge is 0.0832 e. The number of hydrogen-bond donors (Lipinski definition) is 1. The van der Waals surface area contributed by atoms with E-state index in [9.17, 15) is 0 Å². The first-order valence-electron chi connectivity index (χ1n) is 6.24. The lowest BCUT2D eigenvalue weighted by Gasteiger charge is -2.17. The molecular formula is C13H19N3S2. The van der Waals surface area contributed by atoms with Crippen LogP contribution in [-0.4, -0.2) is 16.1 Å². The Kier molecular flexibility index (Phi) is 4.48. The lowest BCUT2D eigenvalue weighted by atomic mass is 10.0. The maximum absolute atomic E-state index is 4.29. The maximum Gasteiger partial charge on any atom is 0.0832 e. The minimum absolute atomic E-state index is 0.243. The van der Waals surface area contributed by atoms with Crippen LogP contribution in [-0.2, 0) is 0 Å². The maximum atomic E-state index is 4.29. The average Bonchev–Trinajstić information content (AvgIpc) is 2.94. The molecular weight excluding hydrogens is 262 g/mol. The van der Waals surface area contributed by atoms with Crippen LogP contribution in [0.5, 0.6) is 0 Å². The second-order valence-electron chi connectivity index (χ2n) is 4.64. The van der Waals surface area contributed by atoms with Gasteiger partial charge in [0.1, 0.15) is 0 Å². The van der Waals surface area contributed by atoms with Crippen molar-refractivity contribution in [3.63, 3.8) is 0 Å². The first-order valence-corrected chi connectivity index (χ1v) is 7.90. The molecule has 0 aliphatic carbocycles. The highest BCUT2D eigenvalue weighted by Crippen LogP contribution is 2.34. The summed E-state index contributed by atoms with van der Waals surface area (Å²) in [4.78, 5) is 2.64. The molecule has 0 spiro atoms. The molecule has 0 amide bonds. The van der Waals surface area contributed by atoms with E-state index in [1.807, 2.05) is 0 Å².